The molecule has 0 fully saturated rings. The van der Waals surface area contributed by atoms with E-state index in [9.17, 15) is 9.59 Å². The summed E-state index contributed by atoms with van der Waals surface area (Å²) >= 11 is 0. The quantitative estimate of drug-likeness (QED) is 0.450. The average Bonchev–Trinajstić information content (AvgIpc) is 3.50. The molecular weight excluding hydrogens is 440 g/mol. The molecule has 0 aliphatic heterocycles. The first-order valence-corrected chi connectivity index (χ1v) is 11.8. The minimum atomic E-state index is -0.727. The summed E-state index contributed by atoms with van der Waals surface area (Å²) in [5.74, 6) is 0.202. The Hall–Kier alpha value is -4.20. The third-order valence-corrected chi connectivity index (χ3v) is 6.68. The van der Waals surface area contributed by atoms with Crippen LogP contribution in [0.25, 0.3) is 5.69 Å². The Morgan fingerprint density at radius 1 is 1.06 bits per heavy atom. The number of imidazole rings is 1. The van der Waals surface area contributed by atoms with Gasteiger partial charge in [-0.1, -0.05) is 24.3 Å². The molecule has 0 radical (unpaired) electrons. The number of carbonyl (C=O) groups excluding carboxylic acids is 2. The Kier molecular flexibility index (Phi) is 6.18. The highest BCUT2D eigenvalue weighted by molar-refractivity contribution is 6.01. The third kappa shape index (κ3) is 4.59. The molecule has 2 amide bonds. The zero-order chi connectivity index (χ0) is 24.4. The van der Waals surface area contributed by atoms with Crippen molar-refractivity contribution in [1.82, 2.24) is 24.6 Å². The fourth-order valence-electron chi connectivity index (χ4n) is 4.87. The molecule has 8 heteroatoms. The fourth-order valence-corrected chi connectivity index (χ4v) is 4.87. The van der Waals surface area contributed by atoms with E-state index >= 15 is 0 Å². The molecule has 4 aromatic rings. The lowest BCUT2D eigenvalue weighted by Crippen LogP contribution is -2.48. The van der Waals surface area contributed by atoms with Gasteiger partial charge in [0.1, 0.15) is 17.6 Å². The molecule has 2 aromatic carbocycles. The van der Waals surface area contributed by atoms with Crippen molar-refractivity contribution in [1.29, 1.82) is 0 Å². The van der Waals surface area contributed by atoms with Gasteiger partial charge in [0.05, 0.1) is 0 Å². The second-order valence-electron chi connectivity index (χ2n) is 8.87. The van der Waals surface area contributed by atoms with E-state index in [1.807, 2.05) is 54.1 Å². The van der Waals surface area contributed by atoms with Crippen LogP contribution < -0.4 is 10.6 Å². The summed E-state index contributed by atoms with van der Waals surface area (Å²) in [6, 6.07) is 16.7. The largest absolute Gasteiger partial charge is 0.338 e. The Morgan fingerprint density at radius 3 is 2.57 bits per heavy atom. The van der Waals surface area contributed by atoms with Crippen LogP contribution in [0.3, 0.4) is 0 Å². The number of fused-ring (bicyclic) bond motifs is 1. The van der Waals surface area contributed by atoms with Crippen LogP contribution in [0.2, 0.25) is 0 Å². The average molecular weight is 469 g/mol. The second-order valence-corrected chi connectivity index (χ2v) is 8.87. The highest BCUT2D eigenvalue weighted by Gasteiger charge is 2.34. The van der Waals surface area contributed by atoms with Crippen molar-refractivity contribution in [2.45, 2.75) is 38.1 Å². The number of hydrogen-bond acceptors (Lipinski definition) is 4. The molecule has 0 spiro atoms. The molecule has 8 nitrogen and oxygen atoms in total. The van der Waals surface area contributed by atoms with Gasteiger partial charge in [0, 0.05) is 42.9 Å². The van der Waals surface area contributed by atoms with Crippen LogP contribution in [-0.2, 0) is 18.3 Å². The zero-order valence-corrected chi connectivity index (χ0v) is 19.8. The van der Waals surface area contributed by atoms with Gasteiger partial charge in [-0.3, -0.25) is 14.3 Å². The van der Waals surface area contributed by atoms with Crippen molar-refractivity contribution < 1.29 is 9.59 Å². The van der Waals surface area contributed by atoms with Crippen molar-refractivity contribution >= 4 is 17.5 Å². The van der Waals surface area contributed by atoms with Crippen molar-refractivity contribution in [2.24, 2.45) is 7.05 Å². The van der Waals surface area contributed by atoms with E-state index in [2.05, 4.69) is 32.8 Å². The van der Waals surface area contributed by atoms with Gasteiger partial charge in [-0.2, -0.15) is 5.10 Å². The maximum Gasteiger partial charge on any atom is 0.270 e. The first-order chi connectivity index (χ1) is 17.0. The number of rotatable bonds is 6. The molecule has 2 N–H and O–H groups in total. The third-order valence-electron chi connectivity index (χ3n) is 6.68. The maximum absolute atomic E-state index is 13.6. The predicted octanol–water partition coefficient (Wildman–Crippen LogP) is 3.77. The van der Waals surface area contributed by atoms with E-state index in [4.69, 9.17) is 0 Å². The van der Waals surface area contributed by atoms with Crippen LogP contribution >= 0.6 is 0 Å². The molecule has 35 heavy (non-hydrogen) atoms. The standard InChI is InChI=1S/C27H28N6O2/c1-18-28-16-17-33(18)21-12-10-20(11-13-21)30-27(35)25(31-26(34)24-14-15-29-32(24)2)23-9-5-7-19-6-3-4-8-22(19)23/h3-4,6,8,10-17,23,25H,5,7,9H2,1-2H3,(H,30,35)(H,31,34)/t23-,25?/m1/s1. The minimum absolute atomic E-state index is 0.120. The van der Waals surface area contributed by atoms with E-state index in [1.54, 1.807) is 25.5 Å². The summed E-state index contributed by atoms with van der Waals surface area (Å²) in [6.07, 6.45) is 7.98. The Bertz CT molecular complexity index is 1350. The number of nitrogens with one attached hydrogen (secondary N) is 2. The van der Waals surface area contributed by atoms with Crippen molar-refractivity contribution in [2.75, 3.05) is 5.32 Å². The summed E-state index contributed by atoms with van der Waals surface area (Å²) in [5.41, 5.74) is 4.39. The van der Waals surface area contributed by atoms with Crippen molar-refractivity contribution in [3.63, 3.8) is 0 Å². The lowest BCUT2D eigenvalue weighted by Gasteiger charge is -2.32. The summed E-state index contributed by atoms with van der Waals surface area (Å²) in [7, 11) is 1.71. The van der Waals surface area contributed by atoms with Crippen LogP contribution in [-0.4, -0.2) is 37.2 Å². The van der Waals surface area contributed by atoms with Crippen LogP contribution in [0.1, 0.15) is 46.2 Å². The molecule has 0 bridgehead atoms. The molecular formula is C27H28N6O2. The Morgan fingerprint density at radius 2 is 1.86 bits per heavy atom. The zero-order valence-electron chi connectivity index (χ0n) is 19.8. The van der Waals surface area contributed by atoms with E-state index in [1.165, 1.54) is 10.2 Å². The first kappa shape index (κ1) is 22.6. The molecule has 0 saturated heterocycles. The van der Waals surface area contributed by atoms with Crippen LogP contribution in [0.4, 0.5) is 5.69 Å². The predicted molar refractivity (Wildman–Crippen MR) is 134 cm³/mol. The second kappa shape index (κ2) is 9.58. The number of aryl methyl sites for hydroxylation is 3. The maximum atomic E-state index is 13.6. The minimum Gasteiger partial charge on any atom is -0.338 e. The Labute approximate surface area is 204 Å². The smallest absolute Gasteiger partial charge is 0.270 e. The number of hydrogen-bond donors (Lipinski definition) is 2. The van der Waals surface area contributed by atoms with Gasteiger partial charge in [-0.05, 0) is 67.6 Å². The number of benzene rings is 2. The summed E-state index contributed by atoms with van der Waals surface area (Å²) in [6.45, 7) is 1.94. The highest BCUT2D eigenvalue weighted by atomic mass is 16.2. The van der Waals surface area contributed by atoms with Crippen LogP contribution in [0.15, 0.2) is 73.2 Å². The monoisotopic (exact) mass is 468 g/mol. The highest BCUT2D eigenvalue weighted by Crippen LogP contribution is 2.34. The topological polar surface area (TPSA) is 93.8 Å². The van der Waals surface area contributed by atoms with Gasteiger partial charge in [0.25, 0.3) is 5.91 Å². The molecule has 1 unspecified atom stereocenters. The first-order valence-electron chi connectivity index (χ1n) is 11.8. The number of amides is 2. The molecule has 5 rings (SSSR count). The summed E-state index contributed by atoms with van der Waals surface area (Å²) < 4.78 is 3.48. The number of carbonyl (C=O) groups is 2. The Balaban J connectivity index is 1.41. The number of anilines is 1. The van der Waals surface area contributed by atoms with Gasteiger partial charge >= 0.3 is 0 Å². The van der Waals surface area contributed by atoms with Gasteiger partial charge in [0.2, 0.25) is 5.91 Å². The molecule has 2 atom stereocenters. The summed E-state index contributed by atoms with van der Waals surface area (Å²) in [4.78, 5) is 31.0. The van der Waals surface area contributed by atoms with E-state index in [0.29, 0.717) is 11.4 Å². The fraction of sp³-hybridized carbons (Fsp3) is 0.259. The molecule has 1 aliphatic carbocycles. The van der Waals surface area contributed by atoms with Crippen LogP contribution in [0.5, 0.6) is 0 Å². The molecule has 178 valence electrons. The van der Waals surface area contributed by atoms with E-state index in [-0.39, 0.29) is 17.7 Å². The normalized spacial score (nSPS) is 15.8. The molecule has 2 aromatic heterocycles. The van der Waals surface area contributed by atoms with Gasteiger partial charge in [-0.25, -0.2) is 4.98 Å². The number of aromatic nitrogens is 4. The van der Waals surface area contributed by atoms with E-state index in [0.717, 1.165) is 36.3 Å². The van der Waals surface area contributed by atoms with Crippen molar-refractivity contribution in [3.8, 4) is 5.69 Å². The summed E-state index contributed by atoms with van der Waals surface area (Å²) in [5, 5.41) is 10.1. The van der Waals surface area contributed by atoms with Crippen molar-refractivity contribution in [3.05, 3.63) is 95.8 Å². The van der Waals surface area contributed by atoms with Gasteiger partial charge < -0.3 is 15.2 Å². The number of nitrogens with zero attached hydrogens (tertiary/aromatic N) is 4. The lowest BCUT2D eigenvalue weighted by molar-refractivity contribution is -0.118. The lowest BCUT2D eigenvalue weighted by atomic mass is 9.78. The van der Waals surface area contributed by atoms with Crippen LogP contribution in [0, 0.1) is 6.92 Å². The molecule has 0 saturated carbocycles. The molecule has 2 heterocycles. The molecule has 1 aliphatic rings. The van der Waals surface area contributed by atoms with E-state index < -0.39 is 6.04 Å². The SMILES string of the molecule is Cc1nccn1-c1ccc(NC(=O)C(NC(=O)c2ccnn2C)[C@@H]2CCCc3ccccc32)cc1. The van der Waals surface area contributed by atoms with Gasteiger partial charge in [-0.15, -0.1) is 0 Å². The van der Waals surface area contributed by atoms with Gasteiger partial charge in [0.15, 0.2) is 0 Å².